The van der Waals surface area contributed by atoms with E-state index in [1.165, 1.54) is 17.3 Å². The molecule has 1 N–H and O–H groups in total. The molecule has 1 amide bonds. The fourth-order valence-corrected chi connectivity index (χ4v) is 5.19. The number of amides is 1. The molecule has 1 atom stereocenters. The molecule has 1 aliphatic heterocycles. The lowest BCUT2D eigenvalue weighted by Crippen LogP contribution is -2.27. The number of nitrogens with one attached hydrogen (secondary N) is 1. The Hall–Kier alpha value is -3.39. The second kappa shape index (κ2) is 7.94. The number of benzene rings is 2. The molecule has 1 unspecified atom stereocenters. The van der Waals surface area contributed by atoms with Crippen LogP contribution in [0.15, 0.2) is 58.6 Å². The third kappa shape index (κ3) is 3.60. The van der Waals surface area contributed by atoms with Gasteiger partial charge in [-0.05, 0) is 44.5 Å². The summed E-state index contributed by atoms with van der Waals surface area (Å²) in [5.74, 6) is 0.512. The summed E-state index contributed by atoms with van der Waals surface area (Å²) in [4.78, 5) is 30.7. The number of rotatable bonds is 4. The fraction of sp³-hybridized carbons (Fsp3) is 0.250. The molecule has 2 aromatic heterocycles. The number of aryl methyl sites for hydroxylation is 3. The molecule has 4 aromatic rings. The van der Waals surface area contributed by atoms with Crippen LogP contribution in [-0.4, -0.2) is 31.0 Å². The van der Waals surface area contributed by atoms with Crippen molar-refractivity contribution in [2.24, 2.45) is 0 Å². The van der Waals surface area contributed by atoms with Gasteiger partial charge in [0.25, 0.3) is 5.56 Å². The van der Waals surface area contributed by atoms with E-state index in [0.29, 0.717) is 21.9 Å². The molecule has 5 rings (SSSR count). The van der Waals surface area contributed by atoms with Crippen molar-refractivity contribution in [3.05, 3.63) is 75.7 Å². The topological polar surface area (TPSA) is 81.8 Å². The molecule has 8 heteroatoms. The number of carbonyl (C=O) groups excluding carboxylic acids is 1. The number of hydrogen-bond acceptors (Lipinski definition) is 5. The van der Waals surface area contributed by atoms with E-state index >= 15 is 0 Å². The first kappa shape index (κ1) is 20.5. The summed E-state index contributed by atoms with van der Waals surface area (Å²) in [6.07, 6.45) is 1.79. The van der Waals surface area contributed by atoms with Crippen LogP contribution in [0.1, 0.15) is 29.2 Å². The number of thioether (sulfide) groups is 1. The van der Waals surface area contributed by atoms with Crippen LogP contribution < -0.4 is 10.9 Å². The number of aromatic nitrogens is 4. The molecule has 7 nitrogen and oxygen atoms in total. The highest BCUT2D eigenvalue weighted by atomic mass is 32.2. The summed E-state index contributed by atoms with van der Waals surface area (Å²) in [5, 5.41) is 8.46. The van der Waals surface area contributed by atoms with Gasteiger partial charge >= 0.3 is 0 Å². The molecule has 2 aromatic carbocycles. The highest BCUT2D eigenvalue weighted by Gasteiger charge is 2.29. The molecule has 0 spiro atoms. The fourth-order valence-electron chi connectivity index (χ4n) is 4.06. The van der Waals surface area contributed by atoms with Crippen LogP contribution in [0.3, 0.4) is 0 Å². The Morgan fingerprint density at radius 3 is 2.62 bits per heavy atom. The van der Waals surface area contributed by atoms with Crippen LogP contribution >= 0.6 is 11.8 Å². The van der Waals surface area contributed by atoms with Crippen molar-refractivity contribution in [2.45, 2.75) is 38.4 Å². The van der Waals surface area contributed by atoms with Crippen molar-refractivity contribution in [3.8, 4) is 5.69 Å². The highest BCUT2D eigenvalue weighted by molar-refractivity contribution is 7.99. The Bertz CT molecular complexity index is 1400. The minimum Gasteiger partial charge on any atom is -0.326 e. The monoisotopic (exact) mass is 445 g/mol. The van der Waals surface area contributed by atoms with E-state index in [9.17, 15) is 9.59 Å². The lowest BCUT2D eigenvalue weighted by Gasteiger charge is -2.14. The van der Waals surface area contributed by atoms with Gasteiger partial charge in [0, 0.05) is 17.9 Å². The molecule has 1 aliphatic rings. The third-order valence-corrected chi connectivity index (χ3v) is 6.81. The Labute approximate surface area is 189 Å². The lowest BCUT2D eigenvalue weighted by atomic mass is 10.1. The zero-order valence-corrected chi connectivity index (χ0v) is 18.9. The largest absolute Gasteiger partial charge is 0.326 e. The van der Waals surface area contributed by atoms with Gasteiger partial charge in [-0.25, -0.2) is 9.67 Å². The van der Waals surface area contributed by atoms with Gasteiger partial charge in [0.15, 0.2) is 10.8 Å². The molecule has 0 fully saturated rings. The number of nitrogens with zero attached hydrogens (tertiary/aromatic N) is 4. The van der Waals surface area contributed by atoms with Gasteiger partial charge in [-0.3, -0.25) is 14.2 Å². The summed E-state index contributed by atoms with van der Waals surface area (Å²) in [7, 11) is 0. The van der Waals surface area contributed by atoms with Crippen LogP contribution in [0.5, 0.6) is 0 Å². The summed E-state index contributed by atoms with van der Waals surface area (Å²) >= 11 is 1.50. The van der Waals surface area contributed by atoms with Gasteiger partial charge < -0.3 is 5.32 Å². The van der Waals surface area contributed by atoms with Crippen LogP contribution in [0.4, 0.5) is 5.69 Å². The zero-order valence-electron chi connectivity index (χ0n) is 18.1. The molecular formula is C24H23N5O2S. The molecule has 162 valence electrons. The summed E-state index contributed by atoms with van der Waals surface area (Å²) < 4.78 is 3.38. The second-order valence-corrected chi connectivity index (χ2v) is 9.22. The van der Waals surface area contributed by atoms with Gasteiger partial charge in [0.05, 0.1) is 17.9 Å². The molecular weight excluding hydrogens is 422 g/mol. The average Bonchev–Trinajstić information content (AvgIpc) is 3.35. The molecule has 0 saturated carbocycles. The van der Waals surface area contributed by atoms with Crippen LogP contribution in [0, 0.1) is 20.8 Å². The minimum atomic E-state index is -0.241. The highest BCUT2D eigenvalue weighted by Crippen LogP contribution is 2.33. The summed E-state index contributed by atoms with van der Waals surface area (Å²) in [6, 6.07) is 13.5. The van der Waals surface area contributed by atoms with Gasteiger partial charge in [-0.2, -0.15) is 5.10 Å². The van der Waals surface area contributed by atoms with E-state index in [2.05, 4.69) is 16.5 Å². The standard InChI is InChI=1S/C24H23N5O2S/c1-14-4-7-17(8-5-14)26-21(30)11-18-13-32-24-27-22-19(23(31)28(18)24)12-25-29(22)20-9-6-15(2)10-16(20)3/h4-10,12,18H,11,13H2,1-3H3,(H,26,30). The maximum Gasteiger partial charge on any atom is 0.265 e. The maximum atomic E-state index is 13.3. The maximum absolute atomic E-state index is 13.3. The molecule has 3 heterocycles. The number of hydrogen-bond donors (Lipinski definition) is 1. The Kier molecular flexibility index (Phi) is 5.09. The minimum absolute atomic E-state index is 0.120. The first-order valence-electron chi connectivity index (χ1n) is 10.5. The van der Waals surface area contributed by atoms with Crippen molar-refractivity contribution in [3.63, 3.8) is 0 Å². The van der Waals surface area contributed by atoms with E-state index in [0.717, 1.165) is 22.5 Å². The normalized spacial score (nSPS) is 15.2. The van der Waals surface area contributed by atoms with Gasteiger partial charge in [0.1, 0.15) is 5.39 Å². The lowest BCUT2D eigenvalue weighted by molar-refractivity contribution is -0.116. The van der Waals surface area contributed by atoms with Crippen molar-refractivity contribution in [2.75, 3.05) is 11.1 Å². The number of carbonyl (C=O) groups is 1. The first-order valence-corrected chi connectivity index (χ1v) is 11.5. The Morgan fingerprint density at radius 1 is 1.12 bits per heavy atom. The van der Waals surface area contributed by atoms with Gasteiger partial charge in [0.2, 0.25) is 5.91 Å². The van der Waals surface area contributed by atoms with E-state index in [4.69, 9.17) is 4.98 Å². The zero-order chi connectivity index (χ0) is 22.4. The Morgan fingerprint density at radius 2 is 1.88 bits per heavy atom. The van der Waals surface area contributed by atoms with E-state index in [-0.39, 0.29) is 23.9 Å². The summed E-state index contributed by atoms with van der Waals surface area (Å²) in [5.41, 5.74) is 5.41. The van der Waals surface area contributed by atoms with Crippen molar-refractivity contribution in [1.82, 2.24) is 19.3 Å². The SMILES string of the molecule is Cc1ccc(NC(=O)CC2CSc3nc4c(cnn4-c4ccc(C)cc4C)c(=O)n32)cc1. The molecule has 0 radical (unpaired) electrons. The van der Waals surface area contributed by atoms with Crippen molar-refractivity contribution >= 4 is 34.4 Å². The van der Waals surface area contributed by atoms with Crippen molar-refractivity contribution in [1.29, 1.82) is 0 Å². The molecule has 32 heavy (non-hydrogen) atoms. The van der Waals surface area contributed by atoms with Crippen molar-refractivity contribution < 1.29 is 4.79 Å². The molecule has 0 saturated heterocycles. The number of anilines is 1. The predicted octanol–water partition coefficient (Wildman–Crippen LogP) is 4.18. The van der Waals surface area contributed by atoms with Crippen LogP contribution in [-0.2, 0) is 4.79 Å². The van der Waals surface area contributed by atoms with E-state index in [1.54, 1.807) is 15.4 Å². The van der Waals surface area contributed by atoms with Crippen LogP contribution in [0.2, 0.25) is 0 Å². The third-order valence-electron chi connectivity index (χ3n) is 5.71. The van der Waals surface area contributed by atoms with Gasteiger partial charge in [-0.15, -0.1) is 0 Å². The van der Waals surface area contributed by atoms with E-state index in [1.807, 2.05) is 57.2 Å². The summed E-state index contributed by atoms with van der Waals surface area (Å²) in [6.45, 7) is 6.06. The van der Waals surface area contributed by atoms with E-state index < -0.39 is 0 Å². The average molecular weight is 446 g/mol. The Balaban J connectivity index is 1.46. The quantitative estimate of drug-likeness (QED) is 0.477. The second-order valence-electron chi connectivity index (χ2n) is 8.24. The molecule has 0 aliphatic carbocycles. The predicted molar refractivity (Wildman–Crippen MR) is 127 cm³/mol. The molecule has 0 bridgehead atoms. The smallest absolute Gasteiger partial charge is 0.265 e. The van der Waals surface area contributed by atoms with Gasteiger partial charge in [-0.1, -0.05) is 47.2 Å². The first-order chi connectivity index (χ1) is 15.4. The van der Waals surface area contributed by atoms with Crippen LogP contribution in [0.25, 0.3) is 16.7 Å². The number of fused-ring (bicyclic) bond motifs is 2.